The van der Waals surface area contributed by atoms with E-state index in [-0.39, 0.29) is 0 Å². The van der Waals surface area contributed by atoms with Crippen molar-refractivity contribution in [2.45, 2.75) is 0 Å². The summed E-state index contributed by atoms with van der Waals surface area (Å²) in [7, 11) is 0. The topological polar surface area (TPSA) is 36.7 Å². The van der Waals surface area contributed by atoms with Gasteiger partial charge in [0.1, 0.15) is 6.07 Å². The van der Waals surface area contributed by atoms with E-state index in [0.29, 0.717) is 11.3 Å². The zero-order valence-electron chi connectivity index (χ0n) is 8.22. The summed E-state index contributed by atoms with van der Waals surface area (Å²) < 4.78 is 1.03. The number of aromatic nitrogens is 1. The molecule has 0 bridgehead atoms. The first-order valence-corrected chi connectivity index (χ1v) is 6.24. The molecule has 0 N–H and O–H groups in total. The quantitative estimate of drug-likeness (QED) is 0.785. The summed E-state index contributed by atoms with van der Waals surface area (Å²) in [4.78, 5) is 5.19. The molecule has 0 aromatic carbocycles. The van der Waals surface area contributed by atoms with E-state index in [4.69, 9.17) is 5.26 Å². The van der Waals surface area contributed by atoms with Crippen LogP contribution in [0.15, 0.2) is 40.3 Å². The van der Waals surface area contributed by atoms with Crippen molar-refractivity contribution in [1.82, 2.24) is 4.98 Å². The summed E-state index contributed by atoms with van der Waals surface area (Å²) in [6.45, 7) is 0. The van der Waals surface area contributed by atoms with Gasteiger partial charge in [-0.2, -0.15) is 5.26 Å². The SMILES string of the molecule is N#C/C(=C/c1cc(Br)cs1)c1ccccn1. The van der Waals surface area contributed by atoms with E-state index >= 15 is 0 Å². The van der Waals surface area contributed by atoms with Crippen LogP contribution in [0.25, 0.3) is 11.6 Å². The average Bonchev–Trinajstić information content (AvgIpc) is 2.73. The second-order valence-electron chi connectivity index (χ2n) is 3.05. The first-order chi connectivity index (χ1) is 7.79. The lowest BCUT2D eigenvalue weighted by atomic mass is 10.1. The molecular weight excluding hydrogens is 284 g/mol. The van der Waals surface area contributed by atoms with Gasteiger partial charge in [-0.1, -0.05) is 6.07 Å². The molecule has 0 amide bonds. The van der Waals surface area contributed by atoms with Crippen LogP contribution < -0.4 is 0 Å². The highest BCUT2D eigenvalue weighted by molar-refractivity contribution is 9.10. The van der Waals surface area contributed by atoms with Gasteiger partial charge >= 0.3 is 0 Å². The van der Waals surface area contributed by atoms with Crippen molar-refractivity contribution in [2.24, 2.45) is 0 Å². The number of hydrogen-bond acceptors (Lipinski definition) is 3. The van der Waals surface area contributed by atoms with Crippen LogP contribution in [-0.2, 0) is 0 Å². The van der Waals surface area contributed by atoms with E-state index in [9.17, 15) is 0 Å². The number of rotatable bonds is 2. The predicted molar refractivity (Wildman–Crippen MR) is 69.7 cm³/mol. The van der Waals surface area contributed by atoms with Crippen molar-refractivity contribution < 1.29 is 0 Å². The molecule has 16 heavy (non-hydrogen) atoms. The molecule has 0 unspecified atom stereocenters. The molecule has 0 aliphatic rings. The Morgan fingerprint density at radius 3 is 2.94 bits per heavy atom. The minimum absolute atomic E-state index is 0.579. The number of allylic oxidation sites excluding steroid dienone is 1. The van der Waals surface area contributed by atoms with E-state index < -0.39 is 0 Å². The summed E-state index contributed by atoms with van der Waals surface area (Å²) >= 11 is 4.97. The standard InChI is InChI=1S/C12H7BrN2S/c13-10-6-11(16-8-10)5-9(7-14)12-3-1-2-4-15-12/h1-6,8H/b9-5-. The first kappa shape index (κ1) is 11.1. The fourth-order valence-corrected chi connectivity index (χ4v) is 2.61. The van der Waals surface area contributed by atoms with Crippen LogP contribution in [0, 0.1) is 11.3 Å². The molecule has 4 heteroatoms. The average molecular weight is 291 g/mol. The second kappa shape index (κ2) is 5.06. The number of halogens is 1. The van der Waals surface area contributed by atoms with Crippen molar-refractivity contribution in [3.8, 4) is 6.07 Å². The Kier molecular flexibility index (Phi) is 3.50. The van der Waals surface area contributed by atoms with Crippen LogP contribution in [0.5, 0.6) is 0 Å². The maximum atomic E-state index is 9.08. The summed E-state index contributed by atoms with van der Waals surface area (Å²) in [6, 6.07) is 9.68. The fourth-order valence-electron chi connectivity index (χ4n) is 1.23. The van der Waals surface area contributed by atoms with Crippen molar-refractivity contribution in [1.29, 1.82) is 5.26 Å². The molecule has 0 aliphatic carbocycles. The van der Waals surface area contributed by atoms with Gasteiger partial charge in [-0.15, -0.1) is 11.3 Å². The van der Waals surface area contributed by atoms with Gasteiger partial charge in [-0.25, -0.2) is 0 Å². The molecule has 0 saturated carbocycles. The Hall–Kier alpha value is -1.44. The number of nitriles is 1. The van der Waals surface area contributed by atoms with E-state index in [1.807, 2.05) is 35.7 Å². The van der Waals surface area contributed by atoms with Gasteiger partial charge in [0.2, 0.25) is 0 Å². The summed E-state index contributed by atoms with van der Waals surface area (Å²) in [5, 5.41) is 11.1. The van der Waals surface area contributed by atoms with Crippen LogP contribution >= 0.6 is 27.3 Å². The minimum atomic E-state index is 0.579. The van der Waals surface area contributed by atoms with Gasteiger partial charge in [0.25, 0.3) is 0 Å². The molecule has 0 atom stereocenters. The summed E-state index contributed by atoms with van der Waals surface area (Å²) in [5.74, 6) is 0. The van der Waals surface area contributed by atoms with Gasteiger partial charge in [0.15, 0.2) is 0 Å². The molecule has 0 saturated heterocycles. The Labute approximate surface area is 106 Å². The van der Waals surface area contributed by atoms with Crippen LogP contribution in [0.1, 0.15) is 10.6 Å². The van der Waals surface area contributed by atoms with E-state index in [0.717, 1.165) is 9.35 Å². The molecule has 2 nitrogen and oxygen atoms in total. The van der Waals surface area contributed by atoms with Gasteiger partial charge in [-0.3, -0.25) is 4.98 Å². The van der Waals surface area contributed by atoms with E-state index in [1.54, 1.807) is 17.5 Å². The first-order valence-electron chi connectivity index (χ1n) is 4.57. The largest absolute Gasteiger partial charge is 0.256 e. The smallest absolute Gasteiger partial charge is 0.101 e. The highest BCUT2D eigenvalue weighted by Gasteiger charge is 2.02. The third-order valence-electron chi connectivity index (χ3n) is 1.94. The third-order valence-corrected chi connectivity index (χ3v) is 3.58. The van der Waals surface area contributed by atoms with Crippen LogP contribution in [-0.4, -0.2) is 4.98 Å². The van der Waals surface area contributed by atoms with Crippen LogP contribution in [0.3, 0.4) is 0 Å². The normalized spacial score (nSPS) is 11.1. The molecule has 2 aromatic heterocycles. The van der Waals surface area contributed by atoms with Gasteiger partial charge in [-0.05, 0) is 40.2 Å². The number of thiophene rings is 1. The number of nitrogens with zero attached hydrogens (tertiary/aromatic N) is 2. The third kappa shape index (κ3) is 2.57. The molecule has 0 radical (unpaired) electrons. The van der Waals surface area contributed by atoms with Crippen molar-refractivity contribution in [3.05, 3.63) is 50.9 Å². The zero-order valence-corrected chi connectivity index (χ0v) is 10.6. The molecule has 0 fully saturated rings. The van der Waals surface area contributed by atoms with Gasteiger partial charge < -0.3 is 0 Å². The van der Waals surface area contributed by atoms with Gasteiger partial charge in [0, 0.05) is 20.9 Å². The van der Waals surface area contributed by atoms with Crippen molar-refractivity contribution in [2.75, 3.05) is 0 Å². The Morgan fingerprint density at radius 2 is 2.38 bits per heavy atom. The fraction of sp³-hybridized carbons (Fsp3) is 0. The van der Waals surface area contributed by atoms with Crippen molar-refractivity contribution in [3.63, 3.8) is 0 Å². The van der Waals surface area contributed by atoms with Crippen LogP contribution in [0.4, 0.5) is 0 Å². The van der Waals surface area contributed by atoms with Crippen LogP contribution in [0.2, 0.25) is 0 Å². The second-order valence-corrected chi connectivity index (χ2v) is 4.91. The molecular formula is C12H7BrN2S. The minimum Gasteiger partial charge on any atom is -0.256 e. The summed E-state index contributed by atoms with van der Waals surface area (Å²) in [6.07, 6.45) is 3.53. The Balaban J connectivity index is 2.38. The maximum Gasteiger partial charge on any atom is 0.101 e. The molecule has 2 heterocycles. The van der Waals surface area contributed by atoms with Crippen molar-refractivity contribution >= 4 is 38.9 Å². The van der Waals surface area contributed by atoms with E-state index in [1.165, 1.54) is 0 Å². The lowest BCUT2D eigenvalue weighted by Gasteiger charge is -1.95. The monoisotopic (exact) mass is 290 g/mol. The Morgan fingerprint density at radius 1 is 1.50 bits per heavy atom. The highest BCUT2D eigenvalue weighted by Crippen LogP contribution is 2.24. The molecule has 2 aromatic rings. The lowest BCUT2D eigenvalue weighted by molar-refractivity contribution is 1.28. The zero-order chi connectivity index (χ0) is 11.4. The number of hydrogen-bond donors (Lipinski definition) is 0. The van der Waals surface area contributed by atoms with Gasteiger partial charge in [0.05, 0.1) is 11.3 Å². The Bertz CT molecular complexity index is 552. The molecule has 0 aliphatic heterocycles. The van der Waals surface area contributed by atoms with E-state index in [2.05, 4.69) is 27.0 Å². The highest BCUT2D eigenvalue weighted by atomic mass is 79.9. The number of pyridine rings is 1. The molecule has 2 rings (SSSR count). The lowest BCUT2D eigenvalue weighted by Crippen LogP contribution is -1.84. The predicted octanol–water partition coefficient (Wildman–Crippen LogP) is 3.97. The summed E-state index contributed by atoms with van der Waals surface area (Å²) in [5.41, 5.74) is 1.28. The maximum absolute atomic E-state index is 9.08. The molecule has 0 spiro atoms. The molecule has 78 valence electrons.